The van der Waals surface area contributed by atoms with Crippen LogP contribution in [0.3, 0.4) is 0 Å². The molecule has 0 unspecified atom stereocenters. The van der Waals surface area contributed by atoms with Gasteiger partial charge in [0.15, 0.2) is 5.65 Å². The maximum atomic E-state index is 5.77. The van der Waals surface area contributed by atoms with Crippen molar-refractivity contribution in [1.29, 1.82) is 0 Å². The van der Waals surface area contributed by atoms with Crippen molar-refractivity contribution in [3.05, 3.63) is 60.3 Å². The van der Waals surface area contributed by atoms with Gasteiger partial charge in [0.1, 0.15) is 0 Å². The maximum Gasteiger partial charge on any atom is 0.248 e. The van der Waals surface area contributed by atoms with Gasteiger partial charge in [-0.25, -0.2) is 9.67 Å². The summed E-state index contributed by atoms with van der Waals surface area (Å²) in [5.41, 5.74) is 5.87. The van der Waals surface area contributed by atoms with E-state index in [2.05, 4.69) is 21.9 Å². The molecule has 4 rings (SSSR count). The lowest BCUT2D eigenvalue weighted by molar-refractivity contribution is 0.533. The number of rotatable bonds is 5. The minimum Gasteiger partial charge on any atom is -0.421 e. The molecule has 4 heterocycles. The van der Waals surface area contributed by atoms with E-state index >= 15 is 0 Å². The molecule has 0 fully saturated rings. The monoisotopic (exact) mass is 401 g/mol. The SMILES string of the molecule is C=C/C=C(\C(C)=C/C)n1nc(C)c2c(-c3nnc(C)o3)cc(-c3ccnn3C)nc21. The second kappa shape index (κ2) is 7.55. The Balaban J connectivity index is 2.11. The summed E-state index contributed by atoms with van der Waals surface area (Å²) in [5.74, 6) is 0.932. The molecule has 0 saturated heterocycles. The Hall–Kier alpha value is -3.81. The highest BCUT2D eigenvalue weighted by Crippen LogP contribution is 2.35. The third-order valence-corrected chi connectivity index (χ3v) is 4.99. The van der Waals surface area contributed by atoms with E-state index in [-0.39, 0.29) is 0 Å². The van der Waals surface area contributed by atoms with E-state index in [1.807, 2.05) is 56.8 Å². The number of hydrogen-bond donors (Lipinski definition) is 0. The zero-order chi connectivity index (χ0) is 21.4. The molecule has 0 aromatic carbocycles. The van der Waals surface area contributed by atoms with Crippen LogP contribution in [0.4, 0.5) is 0 Å². The maximum absolute atomic E-state index is 5.77. The highest BCUT2D eigenvalue weighted by atomic mass is 16.4. The molecular formula is C22H23N7O. The van der Waals surface area contributed by atoms with Crippen molar-refractivity contribution in [2.45, 2.75) is 27.7 Å². The van der Waals surface area contributed by atoms with Crippen molar-refractivity contribution >= 4 is 16.7 Å². The third-order valence-electron chi connectivity index (χ3n) is 4.99. The van der Waals surface area contributed by atoms with Gasteiger partial charge in [0, 0.05) is 20.2 Å². The first-order chi connectivity index (χ1) is 14.4. The molecule has 0 N–H and O–H groups in total. The van der Waals surface area contributed by atoms with Crippen molar-refractivity contribution in [2.75, 3.05) is 0 Å². The van der Waals surface area contributed by atoms with Crippen LogP contribution in [0.1, 0.15) is 25.4 Å². The predicted molar refractivity (Wildman–Crippen MR) is 116 cm³/mol. The van der Waals surface area contributed by atoms with Crippen LogP contribution in [-0.4, -0.2) is 34.7 Å². The smallest absolute Gasteiger partial charge is 0.248 e. The highest BCUT2D eigenvalue weighted by Gasteiger charge is 2.22. The first kappa shape index (κ1) is 19.5. The molecule has 4 aromatic heterocycles. The first-order valence-corrected chi connectivity index (χ1v) is 9.60. The summed E-state index contributed by atoms with van der Waals surface area (Å²) in [6.07, 6.45) is 7.45. The summed E-state index contributed by atoms with van der Waals surface area (Å²) in [6.45, 7) is 11.6. The Morgan fingerprint density at radius 3 is 2.63 bits per heavy atom. The molecule has 0 atom stereocenters. The topological polar surface area (TPSA) is 87.5 Å². The third kappa shape index (κ3) is 3.16. The van der Waals surface area contributed by atoms with Crippen LogP contribution in [0.2, 0.25) is 0 Å². The number of hydrogen-bond acceptors (Lipinski definition) is 6. The van der Waals surface area contributed by atoms with E-state index in [4.69, 9.17) is 14.5 Å². The standard InChI is InChI=1S/C22H23N7O/c1-7-9-18(13(3)8-2)29-21-20(14(4)27-29)16(22-26-25-15(5)30-22)12-17(24-21)19-10-11-23-28(19)6/h7-12H,1H2,2-6H3/b13-8-,18-9+. The summed E-state index contributed by atoms with van der Waals surface area (Å²) >= 11 is 0. The molecule has 0 aliphatic heterocycles. The number of pyridine rings is 1. The average molecular weight is 401 g/mol. The minimum absolute atomic E-state index is 0.433. The molecule has 30 heavy (non-hydrogen) atoms. The molecule has 4 aromatic rings. The largest absolute Gasteiger partial charge is 0.421 e. The molecule has 152 valence electrons. The molecule has 0 aliphatic carbocycles. The van der Waals surface area contributed by atoms with Crippen LogP contribution in [0.5, 0.6) is 0 Å². The number of fused-ring (bicyclic) bond motifs is 1. The number of aromatic nitrogens is 7. The van der Waals surface area contributed by atoms with Gasteiger partial charge in [-0.2, -0.15) is 10.2 Å². The Morgan fingerprint density at radius 1 is 1.23 bits per heavy atom. The molecule has 0 spiro atoms. The predicted octanol–water partition coefficient (Wildman–Crippen LogP) is 4.49. The lowest BCUT2D eigenvalue weighted by Gasteiger charge is -2.10. The summed E-state index contributed by atoms with van der Waals surface area (Å²) < 4.78 is 9.39. The van der Waals surface area contributed by atoms with Crippen LogP contribution >= 0.6 is 0 Å². The molecule has 8 heteroatoms. The molecule has 0 radical (unpaired) electrons. The molecule has 0 amide bonds. The van der Waals surface area contributed by atoms with Crippen LogP contribution in [0.25, 0.3) is 39.6 Å². The fourth-order valence-corrected chi connectivity index (χ4v) is 3.42. The molecule has 0 aliphatic rings. The van der Waals surface area contributed by atoms with Gasteiger partial charge in [-0.3, -0.25) is 4.68 Å². The summed E-state index contributed by atoms with van der Waals surface area (Å²) in [7, 11) is 1.88. The summed E-state index contributed by atoms with van der Waals surface area (Å²) in [5, 5.41) is 18.2. The minimum atomic E-state index is 0.433. The van der Waals surface area contributed by atoms with Crippen LogP contribution in [-0.2, 0) is 7.05 Å². The summed E-state index contributed by atoms with van der Waals surface area (Å²) in [4.78, 5) is 4.96. The Morgan fingerprint density at radius 2 is 2.03 bits per heavy atom. The lowest BCUT2D eigenvalue weighted by Crippen LogP contribution is -2.03. The van der Waals surface area contributed by atoms with Gasteiger partial charge in [0.05, 0.1) is 33.7 Å². The number of allylic oxidation sites excluding steroid dienone is 5. The Labute approximate surface area is 174 Å². The number of aryl methyl sites for hydroxylation is 3. The average Bonchev–Trinajstić information content (AvgIpc) is 3.44. The van der Waals surface area contributed by atoms with E-state index in [1.54, 1.807) is 23.9 Å². The van der Waals surface area contributed by atoms with Crippen molar-refractivity contribution in [2.24, 2.45) is 7.05 Å². The van der Waals surface area contributed by atoms with Crippen molar-refractivity contribution in [1.82, 2.24) is 34.7 Å². The van der Waals surface area contributed by atoms with Gasteiger partial charge in [-0.1, -0.05) is 18.7 Å². The van der Waals surface area contributed by atoms with Gasteiger partial charge in [0.25, 0.3) is 0 Å². The number of nitrogens with zero attached hydrogens (tertiary/aromatic N) is 7. The van der Waals surface area contributed by atoms with Gasteiger partial charge < -0.3 is 4.42 Å². The van der Waals surface area contributed by atoms with E-state index < -0.39 is 0 Å². The van der Waals surface area contributed by atoms with Gasteiger partial charge in [-0.05, 0) is 44.6 Å². The summed E-state index contributed by atoms with van der Waals surface area (Å²) in [6, 6.07) is 3.87. The van der Waals surface area contributed by atoms with Crippen molar-refractivity contribution < 1.29 is 4.42 Å². The molecule has 0 bridgehead atoms. The van der Waals surface area contributed by atoms with E-state index in [0.717, 1.165) is 39.3 Å². The molecular weight excluding hydrogens is 378 g/mol. The second-order valence-electron chi connectivity index (χ2n) is 6.98. The lowest BCUT2D eigenvalue weighted by atomic mass is 10.1. The molecule has 0 saturated carbocycles. The highest BCUT2D eigenvalue weighted by molar-refractivity contribution is 5.96. The van der Waals surface area contributed by atoms with Gasteiger partial charge in [0.2, 0.25) is 11.8 Å². The second-order valence-corrected chi connectivity index (χ2v) is 6.98. The van der Waals surface area contributed by atoms with Crippen molar-refractivity contribution in [3.63, 3.8) is 0 Å². The van der Waals surface area contributed by atoms with Gasteiger partial charge in [-0.15, -0.1) is 10.2 Å². The van der Waals surface area contributed by atoms with E-state index in [9.17, 15) is 0 Å². The fourth-order valence-electron chi connectivity index (χ4n) is 3.42. The zero-order valence-electron chi connectivity index (χ0n) is 17.7. The van der Waals surface area contributed by atoms with Crippen LogP contribution in [0.15, 0.2) is 53.1 Å². The van der Waals surface area contributed by atoms with E-state index in [0.29, 0.717) is 17.4 Å². The quantitative estimate of drug-likeness (QED) is 0.458. The fraction of sp³-hybridized carbons (Fsp3) is 0.227. The van der Waals surface area contributed by atoms with Crippen molar-refractivity contribution in [3.8, 4) is 22.8 Å². The first-order valence-electron chi connectivity index (χ1n) is 9.60. The van der Waals surface area contributed by atoms with Crippen LogP contribution < -0.4 is 0 Å². The Bertz CT molecular complexity index is 1320. The van der Waals surface area contributed by atoms with Gasteiger partial charge >= 0.3 is 0 Å². The molecule has 8 nitrogen and oxygen atoms in total. The normalized spacial score (nSPS) is 12.7. The van der Waals surface area contributed by atoms with Crippen LogP contribution in [0, 0.1) is 13.8 Å². The van der Waals surface area contributed by atoms with E-state index in [1.165, 1.54) is 0 Å². The Kier molecular flexibility index (Phi) is 4.91. The zero-order valence-corrected chi connectivity index (χ0v) is 17.7.